The van der Waals surface area contributed by atoms with Gasteiger partial charge in [0.2, 0.25) is 0 Å². The Labute approximate surface area is 212 Å². The van der Waals surface area contributed by atoms with E-state index in [9.17, 15) is 14.4 Å². The molecule has 2 N–H and O–H groups in total. The lowest BCUT2D eigenvalue weighted by Crippen LogP contribution is -2.32. The van der Waals surface area contributed by atoms with Crippen LogP contribution in [0.25, 0.3) is 0 Å². The number of amides is 3. The van der Waals surface area contributed by atoms with Gasteiger partial charge in [-0.25, -0.2) is 4.90 Å². The summed E-state index contributed by atoms with van der Waals surface area (Å²) >= 11 is 6.26. The van der Waals surface area contributed by atoms with Gasteiger partial charge in [0.25, 0.3) is 17.7 Å². The smallest absolute Gasteiger partial charge is 0.283 e. The van der Waals surface area contributed by atoms with Crippen LogP contribution in [0.4, 0.5) is 17.1 Å². The molecular formula is C26H22ClN3O6. The van der Waals surface area contributed by atoms with Crippen LogP contribution in [-0.4, -0.2) is 39.1 Å². The van der Waals surface area contributed by atoms with E-state index in [1.54, 1.807) is 60.7 Å². The van der Waals surface area contributed by atoms with E-state index in [1.165, 1.54) is 27.4 Å². The monoisotopic (exact) mass is 507 g/mol. The van der Waals surface area contributed by atoms with Crippen molar-refractivity contribution in [1.82, 2.24) is 0 Å². The summed E-state index contributed by atoms with van der Waals surface area (Å²) in [5.74, 6) is -0.383. The summed E-state index contributed by atoms with van der Waals surface area (Å²) in [6.07, 6.45) is 0. The highest BCUT2D eigenvalue weighted by atomic mass is 35.5. The predicted molar refractivity (Wildman–Crippen MR) is 136 cm³/mol. The van der Waals surface area contributed by atoms with Gasteiger partial charge in [0, 0.05) is 29.1 Å². The molecule has 0 atom stereocenters. The molecule has 0 unspecified atom stereocenters. The van der Waals surface area contributed by atoms with Gasteiger partial charge in [0.1, 0.15) is 28.0 Å². The fraction of sp³-hybridized carbons (Fsp3) is 0.115. The van der Waals surface area contributed by atoms with E-state index in [0.29, 0.717) is 28.4 Å². The molecule has 0 fully saturated rings. The number of nitrogens with zero attached hydrogens (tertiary/aromatic N) is 1. The largest absolute Gasteiger partial charge is 0.497 e. The van der Waals surface area contributed by atoms with Crippen LogP contribution < -0.4 is 29.7 Å². The topological polar surface area (TPSA) is 106 Å². The van der Waals surface area contributed by atoms with Crippen LogP contribution in [0.15, 0.2) is 77.5 Å². The average molecular weight is 508 g/mol. The van der Waals surface area contributed by atoms with Gasteiger partial charge in [0.05, 0.1) is 27.0 Å². The van der Waals surface area contributed by atoms with Crippen molar-refractivity contribution in [2.75, 3.05) is 36.9 Å². The van der Waals surface area contributed by atoms with E-state index in [4.69, 9.17) is 25.8 Å². The highest BCUT2D eigenvalue weighted by Crippen LogP contribution is 2.37. The summed E-state index contributed by atoms with van der Waals surface area (Å²) in [6.45, 7) is 0. The van der Waals surface area contributed by atoms with Gasteiger partial charge >= 0.3 is 0 Å². The molecule has 1 aliphatic rings. The minimum absolute atomic E-state index is 0.120. The predicted octanol–water partition coefficient (Wildman–Crippen LogP) is 4.40. The molecule has 3 aromatic carbocycles. The Hall–Kier alpha value is -4.50. The second kappa shape index (κ2) is 10.4. The molecule has 0 aromatic heterocycles. The number of carbonyl (C=O) groups is 3. The first-order valence-corrected chi connectivity index (χ1v) is 11.1. The number of rotatable bonds is 8. The Morgan fingerprint density at radius 2 is 1.50 bits per heavy atom. The maximum absolute atomic E-state index is 13.2. The van der Waals surface area contributed by atoms with E-state index in [1.807, 2.05) is 0 Å². The van der Waals surface area contributed by atoms with Crippen molar-refractivity contribution in [2.24, 2.45) is 0 Å². The average Bonchev–Trinajstić information content (AvgIpc) is 3.11. The third-order valence-corrected chi connectivity index (χ3v) is 5.73. The third kappa shape index (κ3) is 4.82. The Balaban J connectivity index is 1.55. The fourth-order valence-corrected chi connectivity index (χ4v) is 3.80. The maximum atomic E-state index is 13.2. The lowest BCUT2D eigenvalue weighted by Gasteiger charge is -2.18. The molecule has 4 rings (SSSR count). The van der Waals surface area contributed by atoms with Crippen LogP contribution in [0, 0.1) is 0 Å². The zero-order chi connectivity index (χ0) is 25.8. The minimum Gasteiger partial charge on any atom is -0.497 e. The molecule has 1 heterocycles. The van der Waals surface area contributed by atoms with Gasteiger partial charge in [0.15, 0.2) is 0 Å². The molecule has 0 radical (unpaired) electrons. The summed E-state index contributed by atoms with van der Waals surface area (Å²) in [4.78, 5) is 39.8. The number of hydrogen-bond acceptors (Lipinski definition) is 7. The molecule has 0 spiro atoms. The zero-order valence-corrected chi connectivity index (χ0v) is 20.4. The first kappa shape index (κ1) is 24.6. The van der Waals surface area contributed by atoms with Gasteiger partial charge in [-0.1, -0.05) is 23.7 Å². The second-order valence-electron chi connectivity index (χ2n) is 7.56. The Kier molecular flexibility index (Phi) is 7.12. The van der Waals surface area contributed by atoms with Crippen molar-refractivity contribution in [3.63, 3.8) is 0 Å². The number of imide groups is 1. The first-order valence-electron chi connectivity index (χ1n) is 10.7. The van der Waals surface area contributed by atoms with E-state index in [0.717, 1.165) is 4.90 Å². The van der Waals surface area contributed by atoms with Crippen molar-refractivity contribution >= 4 is 46.4 Å². The molecule has 3 aromatic rings. The van der Waals surface area contributed by atoms with Crippen LogP contribution in [0.3, 0.4) is 0 Å². The molecule has 9 nitrogen and oxygen atoms in total. The van der Waals surface area contributed by atoms with E-state index < -0.39 is 11.8 Å². The quantitative estimate of drug-likeness (QED) is 0.435. The number of hydrogen-bond donors (Lipinski definition) is 2. The maximum Gasteiger partial charge on any atom is 0.283 e. The van der Waals surface area contributed by atoms with Gasteiger partial charge in [-0.15, -0.1) is 0 Å². The van der Waals surface area contributed by atoms with Crippen molar-refractivity contribution < 1.29 is 28.6 Å². The van der Waals surface area contributed by atoms with Crippen molar-refractivity contribution in [2.45, 2.75) is 0 Å². The van der Waals surface area contributed by atoms with Crippen LogP contribution in [0.1, 0.15) is 10.4 Å². The Bertz CT molecular complexity index is 1390. The number of benzene rings is 3. The fourth-order valence-electron chi connectivity index (χ4n) is 3.59. The molecule has 10 heteroatoms. The molecule has 184 valence electrons. The summed E-state index contributed by atoms with van der Waals surface area (Å²) in [6, 6.07) is 18.1. The van der Waals surface area contributed by atoms with Gasteiger partial charge in [-0.2, -0.15) is 0 Å². The molecule has 1 aliphatic heterocycles. The SMILES string of the molecule is COc1cccc(NC(=O)c2cccc(NC3=C(Cl)C(=O)N(c4ccc(OC)cc4OC)C3=O)c2)c1. The van der Waals surface area contributed by atoms with Gasteiger partial charge in [-0.3, -0.25) is 14.4 Å². The zero-order valence-electron chi connectivity index (χ0n) is 19.6. The summed E-state index contributed by atoms with van der Waals surface area (Å²) in [5, 5.41) is 5.38. The van der Waals surface area contributed by atoms with Gasteiger partial charge in [-0.05, 0) is 42.5 Å². The van der Waals surface area contributed by atoms with Crippen LogP contribution in [0.2, 0.25) is 0 Å². The lowest BCUT2D eigenvalue weighted by atomic mass is 10.1. The highest BCUT2D eigenvalue weighted by molar-refractivity contribution is 6.53. The number of nitrogens with one attached hydrogen (secondary N) is 2. The lowest BCUT2D eigenvalue weighted by molar-refractivity contribution is -0.120. The Morgan fingerprint density at radius 3 is 2.22 bits per heavy atom. The van der Waals surface area contributed by atoms with E-state index in [2.05, 4.69) is 10.6 Å². The van der Waals surface area contributed by atoms with E-state index >= 15 is 0 Å². The van der Waals surface area contributed by atoms with Crippen LogP contribution in [0.5, 0.6) is 17.2 Å². The number of ether oxygens (including phenoxy) is 3. The summed E-state index contributed by atoms with van der Waals surface area (Å²) < 4.78 is 15.7. The normalized spacial score (nSPS) is 13.1. The third-order valence-electron chi connectivity index (χ3n) is 5.38. The molecule has 0 saturated heterocycles. The first-order chi connectivity index (χ1) is 17.4. The van der Waals surface area contributed by atoms with Crippen molar-refractivity contribution in [3.05, 3.63) is 83.0 Å². The number of halogens is 1. The van der Waals surface area contributed by atoms with Crippen LogP contribution in [-0.2, 0) is 9.59 Å². The van der Waals surface area contributed by atoms with E-state index in [-0.39, 0.29) is 28.1 Å². The molecule has 3 amide bonds. The number of carbonyl (C=O) groups excluding carboxylic acids is 3. The molecular weight excluding hydrogens is 486 g/mol. The summed E-state index contributed by atoms with van der Waals surface area (Å²) in [5.41, 5.74) is 1.37. The minimum atomic E-state index is -0.709. The number of anilines is 3. The number of methoxy groups -OCH3 is 3. The molecule has 0 saturated carbocycles. The standard InChI is InChI=1S/C26H22ClN3O6/c1-34-18-9-5-8-17(13-18)29-24(31)15-6-4-7-16(12-15)28-23-22(27)25(32)30(26(23)33)20-11-10-19(35-2)14-21(20)36-3/h4-14,28H,1-3H3,(H,29,31). The second-order valence-corrected chi connectivity index (χ2v) is 7.94. The molecule has 0 aliphatic carbocycles. The van der Waals surface area contributed by atoms with Crippen molar-refractivity contribution in [3.8, 4) is 17.2 Å². The molecule has 0 bridgehead atoms. The Morgan fingerprint density at radius 1 is 0.806 bits per heavy atom. The highest BCUT2D eigenvalue weighted by Gasteiger charge is 2.40. The summed E-state index contributed by atoms with van der Waals surface area (Å²) in [7, 11) is 4.45. The molecule has 36 heavy (non-hydrogen) atoms. The van der Waals surface area contributed by atoms with Crippen molar-refractivity contribution in [1.29, 1.82) is 0 Å². The van der Waals surface area contributed by atoms with Crippen LogP contribution >= 0.6 is 11.6 Å². The van der Waals surface area contributed by atoms with Gasteiger partial charge < -0.3 is 24.8 Å².